The van der Waals surface area contributed by atoms with Gasteiger partial charge in [-0.25, -0.2) is 4.98 Å². The number of rotatable bonds is 6. The number of esters is 3. The van der Waals surface area contributed by atoms with Crippen molar-refractivity contribution in [2.24, 2.45) is 0 Å². The zero-order valence-corrected chi connectivity index (χ0v) is 24.4. The van der Waals surface area contributed by atoms with Gasteiger partial charge in [0.25, 0.3) is 0 Å². The molecule has 1 aliphatic carbocycles. The number of benzene rings is 1. The van der Waals surface area contributed by atoms with Gasteiger partial charge in [0.1, 0.15) is 12.7 Å². The first-order chi connectivity index (χ1) is 20.2. The van der Waals surface area contributed by atoms with Crippen LogP contribution < -0.4 is 4.90 Å². The van der Waals surface area contributed by atoms with Crippen LogP contribution >= 0.6 is 11.6 Å². The number of carbonyl (C=O) groups is 3. The van der Waals surface area contributed by atoms with Gasteiger partial charge in [0.05, 0.1) is 6.33 Å². The van der Waals surface area contributed by atoms with Crippen LogP contribution in [0.4, 0.5) is 11.5 Å². The molecule has 1 saturated carbocycles. The molecule has 1 spiro atoms. The molecular formula is C29H32ClN5O7. The maximum atomic E-state index is 12.1. The van der Waals surface area contributed by atoms with Crippen molar-refractivity contribution in [2.75, 3.05) is 18.1 Å². The van der Waals surface area contributed by atoms with E-state index in [2.05, 4.69) is 38.1 Å². The van der Waals surface area contributed by atoms with Crippen molar-refractivity contribution in [2.45, 2.75) is 82.8 Å². The normalized spacial score (nSPS) is 24.5. The fourth-order valence-corrected chi connectivity index (χ4v) is 6.80. The summed E-state index contributed by atoms with van der Waals surface area (Å²) in [7, 11) is 0. The van der Waals surface area contributed by atoms with Crippen LogP contribution in [0.15, 0.2) is 30.6 Å². The number of fused-ring (bicyclic) bond motifs is 3. The lowest BCUT2D eigenvalue weighted by Crippen LogP contribution is -2.40. The van der Waals surface area contributed by atoms with E-state index in [9.17, 15) is 14.4 Å². The number of nitrogens with zero attached hydrogens (tertiary/aromatic N) is 5. The first kappa shape index (κ1) is 28.4. The summed E-state index contributed by atoms with van der Waals surface area (Å²) in [6.07, 6.45) is 3.21. The van der Waals surface area contributed by atoms with Gasteiger partial charge in [-0.2, -0.15) is 9.97 Å². The summed E-state index contributed by atoms with van der Waals surface area (Å²) >= 11 is 6.53. The summed E-state index contributed by atoms with van der Waals surface area (Å²) in [5.41, 5.74) is 3.23. The molecule has 3 aromatic rings. The number of para-hydroxylation sites is 1. The van der Waals surface area contributed by atoms with Crippen molar-refractivity contribution in [3.8, 4) is 0 Å². The number of carbonyl (C=O) groups excluding carboxylic acids is 3. The van der Waals surface area contributed by atoms with Crippen LogP contribution in [-0.4, -0.2) is 68.9 Å². The van der Waals surface area contributed by atoms with Gasteiger partial charge >= 0.3 is 17.9 Å². The molecule has 0 N–H and O–H groups in total. The zero-order chi connectivity index (χ0) is 29.6. The van der Waals surface area contributed by atoms with Gasteiger partial charge in [-0.3, -0.25) is 19.0 Å². The quantitative estimate of drug-likeness (QED) is 0.230. The summed E-state index contributed by atoms with van der Waals surface area (Å²) in [5, 5.41) is 0.0105. The minimum atomic E-state index is -1.08. The number of hydrogen-bond acceptors (Lipinski definition) is 11. The first-order valence-corrected chi connectivity index (χ1v) is 14.4. The van der Waals surface area contributed by atoms with Crippen molar-refractivity contribution in [1.29, 1.82) is 0 Å². The Morgan fingerprint density at radius 3 is 2.43 bits per heavy atom. The van der Waals surface area contributed by atoms with E-state index in [1.807, 2.05) is 6.07 Å². The smallest absolute Gasteiger partial charge is 0.303 e. The molecule has 2 aliphatic heterocycles. The predicted molar refractivity (Wildman–Crippen MR) is 150 cm³/mol. The highest BCUT2D eigenvalue weighted by Crippen LogP contribution is 2.52. The molecule has 13 heteroatoms. The predicted octanol–water partition coefficient (Wildman–Crippen LogP) is 4.16. The summed E-state index contributed by atoms with van der Waals surface area (Å²) in [6.45, 7) is 4.27. The maximum absolute atomic E-state index is 12.1. The van der Waals surface area contributed by atoms with Crippen molar-refractivity contribution >= 4 is 52.2 Å². The lowest BCUT2D eigenvalue weighted by molar-refractivity contribution is -0.166. The van der Waals surface area contributed by atoms with Gasteiger partial charge in [0.15, 0.2) is 35.4 Å². The van der Waals surface area contributed by atoms with Gasteiger partial charge in [-0.15, -0.1) is 0 Å². The highest BCUT2D eigenvalue weighted by molar-refractivity contribution is 6.28. The number of aromatic nitrogens is 4. The molecule has 3 aliphatic rings. The van der Waals surface area contributed by atoms with Crippen LogP contribution in [-0.2, 0) is 38.7 Å². The largest absolute Gasteiger partial charge is 0.463 e. The zero-order valence-electron chi connectivity index (χ0n) is 23.6. The van der Waals surface area contributed by atoms with E-state index in [-0.39, 0.29) is 17.3 Å². The van der Waals surface area contributed by atoms with E-state index in [1.165, 1.54) is 51.9 Å². The summed E-state index contributed by atoms with van der Waals surface area (Å²) in [6, 6.07) is 8.39. The number of hydrogen-bond donors (Lipinski definition) is 0. The van der Waals surface area contributed by atoms with E-state index in [4.69, 9.17) is 30.5 Å². The van der Waals surface area contributed by atoms with E-state index < -0.39 is 42.4 Å². The Labute approximate surface area is 247 Å². The summed E-state index contributed by atoms with van der Waals surface area (Å²) < 4.78 is 24.1. The maximum Gasteiger partial charge on any atom is 0.303 e. The Balaban J connectivity index is 1.42. The number of imidazole rings is 1. The van der Waals surface area contributed by atoms with Crippen LogP contribution in [0.2, 0.25) is 5.28 Å². The van der Waals surface area contributed by atoms with Gasteiger partial charge in [-0.1, -0.05) is 37.5 Å². The minimum Gasteiger partial charge on any atom is -0.463 e. The molecule has 2 fully saturated rings. The van der Waals surface area contributed by atoms with E-state index in [0.717, 1.165) is 25.1 Å². The van der Waals surface area contributed by atoms with Crippen LogP contribution in [0.25, 0.3) is 11.2 Å². The molecule has 6 rings (SSSR count). The minimum absolute atomic E-state index is 0.0105. The Hall–Kier alpha value is -3.77. The van der Waals surface area contributed by atoms with Gasteiger partial charge in [0.2, 0.25) is 5.28 Å². The van der Waals surface area contributed by atoms with Crippen LogP contribution in [0.1, 0.15) is 64.7 Å². The Bertz CT molecular complexity index is 1540. The Morgan fingerprint density at radius 1 is 1.00 bits per heavy atom. The van der Waals surface area contributed by atoms with E-state index >= 15 is 0 Å². The fourth-order valence-electron chi connectivity index (χ4n) is 6.64. The molecule has 4 atom stereocenters. The molecule has 222 valence electrons. The Kier molecular flexibility index (Phi) is 7.52. The molecule has 0 radical (unpaired) electrons. The van der Waals surface area contributed by atoms with E-state index in [0.29, 0.717) is 17.0 Å². The third-order valence-electron chi connectivity index (χ3n) is 8.28. The molecule has 12 nitrogen and oxygen atoms in total. The molecule has 4 heterocycles. The molecule has 0 bridgehead atoms. The van der Waals surface area contributed by atoms with Crippen molar-refractivity contribution in [1.82, 2.24) is 19.5 Å². The summed E-state index contributed by atoms with van der Waals surface area (Å²) in [4.78, 5) is 51.7. The second kappa shape index (κ2) is 11.1. The molecule has 1 saturated heterocycles. The molecule has 1 unspecified atom stereocenters. The topological polar surface area (TPSA) is 135 Å². The Morgan fingerprint density at radius 2 is 1.71 bits per heavy atom. The molecule has 42 heavy (non-hydrogen) atoms. The average Bonchev–Trinajstić information content (AvgIpc) is 3.60. The highest BCUT2D eigenvalue weighted by Gasteiger charge is 2.51. The number of anilines is 2. The fraction of sp³-hybridized carbons (Fsp3) is 0.517. The lowest BCUT2D eigenvalue weighted by atomic mass is 9.71. The molecule has 2 aromatic heterocycles. The number of ether oxygens (including phenoxy) is 4. The van der Waals surface area contributed by atoms with Gasteiger partial charge < -0.3 is 23.8 Å². The molecular weight excluding hydrogens is 566 g/mol. The first-order valence-electron chi connectivity index (χ1n) is 14.1. The van der Waals surface area contributed by atoms with Gasteiger partial charge in [0, 0.05) is 38.4 Å². The highest BCUT2D eigenvalue weighted by atomic mass is 35.5. The SMILES string of the molecule is CC(=O)OC[C@H]1O[C@@H](n2cnc3c(N4CC5(CCCCC5)c5ccccc54)nc(Cl)nc32)C(OC(C)=O)[C@H]1OC(C)=O. The second-order valence-corrected chi connectivity index (χ2v) is 11.4. The molecule has 0 amide bonds. The van der Waals surface area contributed by atoms with Crippen LogP contribution in [0.5, 0.6) is 0 Å². The average molecular weight is 598 g/mol. The second-order valence-electron chi connectivity index (χ2n) is 11.1. The van der Waals surface area contributed by atoms with Crippen molar-refractivity contribution in [3.05, 3.63) is 41.4 Å². The third kappa shape index (κ3) is 5.06. The third-order valence-corrected chi connectivity index (χ3v) is 8.45. The van der Waals surface area contributed by atoms with E-state index in [1.54, 1.807) is 4.57 Å². The van der Waals surface area contributed by atoms with Crippen molar-refractivity contribution < 1.29 is 33.3 Å². The molecule has 1 aromatic carbocycles. The summed E-state index contributed by atoms with van der Waals surface area (Å²) in [5.74, 6) is -1.19. The monoisotopic (exact) mass is 597 g/mol. The number of halogens is 1. The van der Waals surface area contributed by atoms with Gasteiger partial charge in [-0.05, 0) is 36.1 Å². The standard InChI is InChI=1S/C29H32ClN5O7/c1-16(36)39-13-21-23(40-17(2)37)24(41-18(3)38)27(42-21)35-15-31-22-25(32-28(30)33-26(22)35)34-14-29(11-7-4-8-12-29)19-9-5-6-10-20(19)34/h5-6,9-10,15,21,23-24,27H,4,7-8,11-14H2,1-3H3/t21-,23+,24?,27-/m1/s1. The van der Waals surface area contributed by atoms with Crippen LogP contribution in [0, 0.1) is 0 Å². The van der Waals surface area contributed by atoms with Crippen LogP contribution in [0.3, 0.4) is 0 Å². The van der Waals surface area contributed by atoms with Crippen molar-refractivity contribution in [3.63, 3.8) is 0 Å². The lowest BCUT2D eigenvalue weighted by Gasteiger charge is -2.34.